The minimum atomic E-state index is -4.94. The van der Waals surface area contributed by atoms with Gasteiger partial charge in [-0.15, -0.1) is 10.2 Å². The van der Waals surface area contributed by atoms with Crippen molar-refractivity contribution in [2.75, 3.05) is 13.3 Å². The Hall–Kier alpha value is -2.03. The summed E-state index contributed by atoms with van der Waals surface area (Å²) in [4.78, 5) is 0. The molecule has 0 unspecified atom stereocenters. The zero-order valence-corrected chi connectivity index (χ0v) is 27.1. The number of halogens is 1. The summed E-state index contributed by atoms with van der Waals surface area (Å²) in [6.07, 6.45) is 10.5. The molecule has 0 spiro atoms. The van der Waals surface area contributed by atoms with Gasteiger partial charge in [-0.2, -0.15) is 0 Å². The second kappa shape index (κ2) is 18.5. The van der Waals surface area contributed by atoms with Crippen LogP contribution in [0.1, 0.15) is 6.42 Å². The van der Waals surface area contributed by atoms with Gasteiger partial charge in [-0.05, 0) is 68.6 Å². The van der Waals surface area contributed by atoms with Gasteiger partial charge >= 0.3 is 0 Å². The first-order chi connectivity index (χ1) is 19.2. The summed E-state index contributed by atoms with van der Waals surface area (Å²) in [5, 5.41) is 5.75. The van der Waals surface area contributed by atoms with Gasteiger partial charge in [0.1, 0.15) is 0 Å². The van der Waals surface area contributed by atoms with Crippen molar-refractivity contribution in [1.29, 1.82) is 0 Å². The Labute approximate surface area is 261 Å². The summed E-state index contributed by atoms with van der Waals surface area (Å²) in [7, 11) is -5.29. The number of rotatable bonds is 4. The van der Waals surface area contributed by atoms with E-state index in [0.717, 1.165) is 11.8 Å². The van der Waals surface area contributed by atoms with E-state index in [1.807, 2.05) is 0 Å². The minimum Gasteiger partial charge on any atom is -0.222 e. The van der Waals surface area contributed by atoms with Gasteiger partial charge in [-0.25, -0.2) is 18.6 Å². The van der Waals surface area contributed by atoms with Crippen molar-refractivity contribution >= 4 is 37.1 Å². The predicted molar refractivity (Wildman–Crippen MR) is 160 cm³/mol. The van der Waals surface area contributed by atoms with Crippen molar-refractivity contribution in [3.8, 4) is 0 Å². The molecule has 0 aliphatic heterocycles. The molecule has 217 valence electrons. The Kier molecular flexibility index (Phi) is 15.9. The quantitative estimate of drug-likeness (QED) is 0.187. The number of hydrogen-bond donors (Lipinski definition) is 0. The van der Waals surface area contributed by atoms with Gasteiger partial charge in [-0.1, -0.05) is 146 Å². The number of hydrogen-bond acceptors (Lipinski definition) is 4. The third-order valence-corrected chi connectivity index (χ3v) is 10.6. The summed E-state index contributed by atoms with van der Waals surface area (Å²) >= 11 is 0. The van der Waals surface area contributed by atoms with Crippen molar-refractivity contribution in [1.82, 2.24) is 0 Å². The average Bonchev–Trinajstić information content (AvgIpc) is 3.65. The summed E-state index contributed by atoms with van der Waals surface area (Å²) in [6.45, 7) is 4.61. The van der Waals surface area contributed by atoms with Gasteiger partial charge in [0.2, 0.25) is 0 Å². The van der Waals surface area contributed by atoms with Gasteiger partial charge in [0.05, 0.1) is 0 Å². The van der Waals surface area contributed by atoms with E-state index in [2.05, 4.69) is 159 Å². The van der Waals surface area contributed by atoms with E-state index in [1.165, 1.54) is 27.6 Å². The van der Waals surface area contributed by atoms with E-state index >= 15 is 0 Å². The smallest absolute Gasteiger partial charge is 0 e. The Bertz CT molecular complexity index is 1110. The van der Waals surface area contributed by atoms with Crippen molar-refractivity contribution in [3.05, 3.63) is 146 Å². The molecule has 2 aliphatic carbocycles. The summed E-state index contributed by atoms with van der Waals surface area (Å²) in [6, 6.07) is 42.8. The normalized spacial score (nSPS) is 16.0. The second-order valence-corrected chi connectivity index (χ2v) is 14.2. The molecule has 8 heteroatoms. The molecular weight excluding hydrogens is 661 g/mol. The van der Waals surface area contributed by atoms with E-state index in [1.54, 1.807) is 0 Å². The Morgan fingerprint density at radius 3 is 0.805 bits per heavy atom. The largest absolute Gasteiger partial charge is 0.222 e. The van der Waals surface area contributed by atoms with E-state index in [4.69, 9.17) is 18.6 Å². The molecule has 4 nitrogen and oxygen atoms in total. The van der Waals surface area contributed by atoms with E-state index < -0.39 is 10.2 Å². The Morgan fingerprint density at radius 2 is 0.659 bits per heavy atom. The molecule has 0 heterocycles. The zero-order valence-electron chi connectivity index (χ0n) is 23.0. The molecule has 1 radical (unpaired) electrons. The first-order valence-corrected chi connectivity index (χ1v) is 17.7. The molecule has 0 fully saturated rings. The number of allylic oxidation sites excluding steroid dienone is 4. The molecule has 2 bridgehead atoms. The van der Waals surface area contributed by atoms with E-state index in [0.29, 0.717) is 0 Å². The molecule has 0 atom stereocenters. The molecule has 0 saturated carbocycles. The van der Waals surface area contributed by atoms with Crippen LogP contribution < -0.4 is 39.9 Å². The maximum Gasteiger partial charge on any atom is 0 e. The van der Waals surface area contributed by atoms with Gasteiger partial charge < -0.3 is 0 Å². The van der Waals surface area contributed by atoms with Crippen molar-refractivity contribution < 1.29 is 48.4 Å². The van der Waals surface area contributed by atoms with Crippen LogP contribution in [0.5, 0.6) is 0 Å². The maximum atomic E-state index is 8.49. The first kappa shape index (κ1) is 35.2. The third kappa shape index (κ3) is 13.7. The molecule has 4 aromatic carbocycles. The van der Waals surface area contributed by atoms with Gasteiger partial charge in [0.25, 0.3) is 0 Å². The minimum absolute atomic E-state index is 0. The average molecular weight is 695 g/mol. The fraction of sp³-hybridized carbons (Fsp3) is 0.152. The fourth-order valence-electron chi connectivity index (χ4n) is 4.23. The third-order valence-electron chi connectivity index (χ3n) is 6.33. The monoisotopic (exact) mass is 694 g/mol. The van der Waals surface area contributed by atoms with Crippen LogP contribution in [0.2, 0.25) is 0 Å². The predicted octanol–water partition coefficient (Wildman–Crippen LogP) is 2.49. The van der Waals surface area contributed by atoms with Crippen LogP contribution in [0.4, 0.5) is 0 Å². The van der Waals surface area contributed by atoms with E-state index in [9.17, 15) is 0 Å². The summed E-state index contributed by atoms with van der Waals surface area (Å²) in [5.74, 6) is 1.62. The van der Waals surface area contributed by atoms with Crippen LogP contribution in [0.15, 0.2) is 146 Å². The van der Waals surface area contributed by atoms with Gasteiger partial charge in [-0.3, -0.25) is 0 Å². The van der Waals surface area contributed by atoms with Crippen LogP contribution in [0.3, 0.4) is 0 Å². The van der Waals surface area contributed by atoms with E-state index in [-0.39, 0.29) is 35.3 Å². The van der Waals surface area contributed by atoms with Crippen molar-refractivity contribution in [3.63, 3.8) is 0 Å². The molecule has 0 aromatic heterocycles. The molecular formula is C33H34ClO4P2Rh-. The van der Waals surface area contributed by atoms with Crippen LogP contribution in [-0.2, 0) is 19.5 Å². The molecule has 4 aromatic rings. The Morgan fingerprint density at radius 1 is 0.463 bits per heavy atom. The van der Waals surface area contributed by atoms with Crippen molar-refractivity contribution in [2.24, 2.45) is 11.8 Å². The van der Waals surface area contributed by atoms with Gasteiger partial charge in [0.15, 0.2) is 0 Å². The number of benzene rings is 4. The molecule has 2 aliphatic rings. The first-order valence-electron chi connectivity index (χ1n) is 12.9. The topological polar surface area (TPSA) is 92.2 Å². The molecule has 41 heavy (non-hydrogen) atoms. The van der Waals surface area contributed by atoms with Gasteiger partial charge in [0, 0.05) is 19.5 Å². The number of fused-ring (bicyclic) bond motifs is 2. The van der Waals surface area contributed by atoms with Crippen LogP contribution >= 0.6 is 15.8 Å². The molecule has 0 saturated heterocycles. The summed E-state index contributed by atoms with van der Waals surface area (Å²) in [5.41, 5.74) is 0. The fourth-order valence-corrected chi connectivity index (χ4v) is 7.31. The SMILES string of the molecule is C1=CC2C=CC1C2.CP(c1ccccc1)c1ccccc1.CP(c1ccccc1)c1ccccc1.[O-][Cl+3]([O-])([O-])[O-].[Rh]. The van der Waals surface area contributed by atoms with Crippen molar-refractivity contribution in [2.45, 2.75) is 6.42 Å². The second-order valence-electron chi connectivity index (χ2n) is 9.17. The zero-order chi connectivity index (χ0) is 28.8. The maximum absolute atomic E-state index is 8.49. The molecule has 6 rings (SSSR count). The summed E-state index contributed by atoms with van der Waals surface area (Å²) < 4.78 is 34.0. The Balaban J connectivity index is 0.000000204. The molecule has 0 amide bonds. The van der Waals surface area contributed by atoms with Crippen LogP contribution in [0, 0.1) is 22.1 Å². The van der Waals surface area contributed by atoms with Crippen LogP contribution in [0.25, 0.3) is 0 Å². The molecule has 0 N–H and O–H groups in total. The van der Waals surface area contributed by atoms with Crippen LogP contribution in [-0.4, -0.2) is 13.3 Å². The standard InChI is InChI=1S/2C13H13P.C7H8.ClHO4.Rh/c2*1-14(12-8-4-2-5-9-12)13-10-6-3-7-11-13;1-2-7-4-3-6(1)5-7;2-1(3,4)5;/h2*2-11H,1H3;1-4,6-7H,5H2;(H,2,3,4,5);/p-1.